The molecule has 0 bridgehead atoms. The fourth-order valence-corrected chi connectivity index (χ4v) is 3.39. The molecule has 1 amide bonds. The fraction of sp³-hybridized carbons (Fsp3) is 0.364. The normalized spacial score (nSPS) is 14.3. The SMILES string of the molecule is CC(C)(C)n1ccc(C(=O)N2CCc3oc(Cc4ccccc4)nc3C2)c1. The van der Waals surface area contributed by atoms with E-state index < -0.39 is 0 Å². The molecule has 1 aliphatic rings. The van der Waals surface area contributed by atoms with Crippen molar-refractivity contribution in [1.82, 2.24) is 14.5 Å². The number of nitrogens with zero attached hydrogens (tertiary/aromatic N) is 3. The molecule has 140 valence electrons. The zero-order valence-corrected chi connectivity index (χ0v) is 16.1. The first-order chi connectivity index (χ1) is 12.9. The van der Waals surface area contributed by atoms with Crippen LogP contribution in [0.15, 0.2) is 53.2 Å². The highest BCUT2D eigenvalue weighted by Crippen LogP contribution is 2.23. The summed E-state index contributed by atoms with van der Waals surface area (Å²) in [5, 5.41) is 0. The number of fused-ring (bicyclic) bond motifs is 1. The Morgan fingerprint density at radius 2 is 1.96 bits per heavy atom. The number of hydrogen-bond donors (Lipinski definition) is 0. The monoisotopic (exact) mass is 363 g/mol. The van der Waals surface area contributed by atoms with Gasteiger partial charge in [-0.05, 0) is 32.4 Å². The van der Waals surface area contributed by atoms with Crippen molar-refractivity contribution >= 4 is 5.91 Å². The van der Waals surface area contributed by atoms with Gasteiger partial charge in [-0.25, -0.2) is 4.98 Å². The maximum atomic E-state index is 12.9. The number of aromatic nitrogens is 2. The molecule has 27 heavy (non-hydrogen) atoms. The molecule has 5 nitrogen and oxygen atoms in total. The van der Waals surface area contributed by atoms with E-state index in [4.69, 9.17) is 4.42 Å². The molecule has 0 spiro atoms. The lowest BCUT2D eigenvalue weighted by Crippen LogP contribution is -2.35. The molecule has 0 saturated carbocycles. The maximum absolute atomic E-state index is 12.9. The van der Waals surface area contributed by atoms with Crippen LogP contribution in [0.25, 0.3) is 0 Å². The van der Waals surface area contributed by atoms with Crippen molar-refractivity contribution in [3.05, 3.63) is 77.3 Å². The Hall–Kier alpha value is -2.82. The lowest BCUT2D eigenvalue weighted by atomic mass is 10.1. The van der Waals surface area contributed by atoms with Gasteiger partial charge in [0.2, 0.25) is 0 Å². The van der Waals surface area contributed by atoms with Crippen LogP contribution in [0.1, 0.15) is 54.0 Å². The average Bonchev–Trinajstić information content (AvgIpc) is 3.28. The van der Waals surface area contributed by atoms with E-state index in [0.717, 1.165) is 22.9 Å². The molecule has 0 aliphatic carbocycles. The van der Waals surface area contributed by atoms with Crippen LogP contribution in [0, 0.1) is 0 Å². The largest absolute Gasteiger partial charge is 0.445 e. The Bertz CT molecular complexity index is 948. The van der Waals surface area contributed by atoms with E-state index in [1.165, 1.54) is 5.56 Å². The Morgan fingerprint density at radius 3 is 2.67 bits per heavy atom. The van der Waals surface area contributed by atoms with Gasteiger partial charge in [0.05, 0.1) is 12.1 Å². The van der Waals surface area contributed by atoms with E-state index in [2.05, 4.69) is 42.5 Å². The fourth-order valence-electron chi connectivity index (χ4n) is 3.39. The van der Waals surface area contributed by atoms with Gasteiger partial charge in [0.25, 0.3) is 5.91 Å². The van der Waals surface area contributed by atoms with Gasteiger partial charge in [0, 0.05) is 37.3 Å². The minimum absolute atomic E-state index is 0.0357. The summed E-state index contributed by atoms with van der Waals surface area (Å²) in [6.45, 7) is 7.54. The molecule has 0 N–H and O–H groups in total. The van der Waals surface area contributed by atoms with E-state index in [1.54, 1.807) is 0 Å². The first-order valence-corrected chi connectivity index (χ1v) is 9.39. The van der Waals surface area contributed by atoms with Gasteiger partial charge in [0.1, 0.15) is 11.5 Å². The van der Waals surface area contributed by atoms with Crippen LogP contribution in [0.5, 0.6) is 0 Å². The zero-order chi connectivity index (χ0) is 19.0. The van der Waals surface area contributed by atoms with Crippen LogP contribution in [0.3, 0.4) is 0 Å². The van der Waals surface area contributed by atoms with Gasteiger partial charge in [-0.3, -0.25) is 4.79 Å². The van der Waals surface area contributed by atoms with Gasteiger partial charge < -0.3 is 13.9 Å². The number of oxazole rings is 1. The Labute approximate surface area is 159 Å². The number of amides is 1. The third-order valence-electron chi connectivity index (χ3n) is 4.97. The number of hydrogen-bond acceptors (Lipinski definition) is 3. The van der Waals surface area contributed by atoms with E-state index in [9.17, 15) is 4.79 Å². The molecule has 0 unspecified atom stereocenters. The van der Waals surface area contributed by atoms with Crippen LogP contribution < -0.4 is 0 Å². The van der Waals surface area contributed by atoms with Crippen molar-refractivity contribution in [2.75, 3.05) is 6.54 Å². The van der Waals surface area contributed by atoms with Gasteiger partial charge in [0.15, 0.2) is 5.89 Å². The van der Waals surface area contributed by atoms with Crippen molar-refractivity contribution in [2.24, 2.45) is 0 Å². The highest BCUT2D eigenvalue weighted by Gasteiger charge is 2.27. The molecule has 2 aromatic heterocycles. The summed E-state index contributed by atoms with van der Waals surface area (Å²) in [7, 11) is 0. The lowest BCUT2D eigenvalue weighted by Gasteiger charge is -2.25. The maximum Gasteiger partial charge on any atom is 0.255 e. The van der Waals surface area contributed by atoms with Gasteiger partial charge in [-0.15, -0.1) is 0 Å². The molecule has 1 aliphatic heterocycles. The number of rotatable bonds is 3. The lowest BCUT2D eigenvalue weighted by molar-refractivity contribution is 0.0727. The molecular weight excluding hydrogens is 338 g/mol. The van der Waals surface area contributed by atoms with Crippen LogP contribution >= 0.6 is 0 Å². The summed E-state index contributed by atoms with van der Waals surface area (Å²) in [6.07, 6.45) is 5.29. The van der Waals surface area contributed by atoms with Gasteiger partial charge in [-0.1, -0.05) is 30.3 Å². The molecule has 3 heterocycles. The summed E-state index contributed by atoms with van der Waals surface area (Å²) in [5.41, 5.74) is 2.75. The minimum atomic E-state index is -0.0357. The highest BCUT2D eigenvalue weighted by atomic mass is 16.4. The average molecular weight is 363 g/mol. The van der Waals surface area contributed by atoms with Crippen molar-refractivity contribution in [2.45, 2.75) is 45.7 Å². The quantitative estimate of drug-likeness (QED) is 0.706. The number of carbonyl (C=O) groups is 1. The van der Waals surface area contributed by atoms with E-state index in [1.807, 2.05) is 41.6 Å². The molecule has 5 heteroatoms. The molecule has 4 rings (SSSR count). The van der Waals surface area contributed by atoms with E-state index in [0.29, 0.717) is 25.9 Å². The third-order valence-corrected chi connectivity index (χ3v) is 4.97. The molecule has 0 fully saturated rings. The summed E-state index contributed by atoms with van der Waals surface area (Å²) in [5.74, 6) is 1.69. The highest BCUT2D eigenvalue weighted by molar-refractivity contribution is 5.94. The Balaban J connectivity index is 1.48. The second-order valence-electron chi connectivity index (χ2n) is 8.09. The topological polar surface area (TPSA) is 51.3 Å². The molecule has 1 aromatic carbocycles. The molecule has 0 radical (unpaired) electrons. The molecule has 0 atom stereocenters. The van der Waals surface area contributed by atoms with E-state index in [-0.39, 0.29) is 11.4 Å². The number of benzene rings is 1. The second-order valence-corrected chi connectivity index (χ2v) is 8.09. The zero-order valence-electron chi connectivity index (χ0n) is 16.1. The third kappa shape index (κ3) is 3.68. The van der Waals surface area contributed by atoms with Crippen LogP contribution in [0.2, 0.25) is 0 Å². The summed E-state index contributed by atoms with van der Waals surface area (Å²) < 4.78 is 8.01. The van der Waals surface area contributed by atoms with Crippen LogP contribution in [0.4, 0.5) is 0 Å². The standard InChI is InChI=1S/C22H25N3O2/c1-22(2,3)25-12-9-17(14-25)21(26)24-11-10-19-18(15-24)23-20(27-19)13-16-7-5-4-6-8-16/h4-9,12,14H,10-11,13,15H2,1-3H3. The first kappa shape index (κ1) is 17.6. The Morgan fingerprint density at radius 1 is 1.19 bits per heavy atom. The first-order valence-electron chi connectivity index (χ1n) is 9.39. The van der Waals surface area contributed by atoms with Gasteiger partial charge >= 0.3 is 0 Å². The second kappa shape index (κ2) is 6.72. The molecular formula is C22H25N3O2. The van der Waals surface area contributed by atoms with Crippen molar-refractivity contribution in [3.63, 3.8) is 0 Å². The summed E-state index contributed by atoms with van der Waals surface area (Å²) in [4.78, 5) is 19.4. The predicted molar refractivity (Wildman–Crippen MR) is 104 cm³/mol. The minimum Gasteiger partial charge on any atom is -0.445 e. The summed E-state index contributed by atoms with van der Waals surface area (Å²) >= 11 is 0. The van der Waals surface area contributed by atoms with Crippen molar-refractivity contribution < 1.29 is 9.21 Å². The van der Waals surface area contributed by atoms with Crippen molar-refractivity contribution in [3.8, 4) is 0 Å². The molecule has 3 aromatic rings. The summed E-state index contributed by atoms with van der Waals surface area (Å²) in [6, 6.07) is 12.1. The Kier molecular flexibility index (Phi) is 4.38. The van der Waals surface area contributed by atoms with Crippen molar-refractivity contribution in [1.29, 1.82) is 0 Å². The smallest absolute Gasteiger partial charge is 0.255 e. The van der Waals surface area contributed by atoms with Crippen LogP contribution in [-0.4, -0.2) is 26.9 Å². The predicted octanol–water partition coefficient (Wildman–Crippen LogP) is 4.02. The van der Waals surface area contributed by atoms with E-state index >= 15 is 0 Å². The van der Waals surface area contributed by atoms with Gasteiger partial charge in [-0.2, -0.15) is 0 Å². The molecule has 0 saturated heterocycles. The van der Waals surface area contributed by atoms with Crippen LogP contribution in [-0.2, 0) is 24.9 Å². The number of carbonyl (C=O) groups excluding carboxylic acids is 1.